The van der Waals surface area contributed by atoms with Crippen molar-refractivity contribution < 1.29 is 17.9 Å². The lowest BCUT2D eigenvalue weighted by atomic mass is 10.2. The van der Waals surface area contributed by atoms with Crippen molar-refractivity contribution in [3.8, 4) is 5.75 Å². The topological polar surface area (TPSA) is 26.2 Å². The van der Waals surface area contributed by atoms with Crippen LogP contribution in [0.1, 0.15) is 17.0 Å². The Bertz CT molecular complexity index is 638. The standard InChI is InChI=1S/C15H17F3N2O/c1-9-6-11(10(2)20(9)3)8-19-12-4-5-14(13(16)7-12)21-15(17)18/h4-7,15,19H,8H2,1-3H3. The highest BCUT2D eigenvalue weighted by Gasteiger charge is 2.11. The highest BCUT2D eigenvalue weighted by Crippen LogP contribution is 2.23. The van der Waals surface area contributed by atoms with Gasteiger partial charge in [0, 0.05) is 36.7 Å². The van der Waals surface area contributed by atoms with Gasteiger partial charge >= 0.3 is 6.61 Å². The van der Waals surface area contributed by atoms with Gasteiger partial charge in [0.25, 0.3) is 0 Å². The maximum atomic E-state index is 13.6. The van der Waals surface area contributed by atoms with E-state index < -0.39 is 18.2 Å². The van der Waals surface area contributed by atoms with Gasteiger partial charge in [-0.3, -0.25) is 0 Å². The third kappa shape index (κ3) is 3.51. The number of nitrogens with zero attached hydrogens (tertiary/aromatic N) is 1. The number of hydrogen-bond acceptors (Lipinski definition) is 2. The molecule has 6 heteroatoms. The van der Waals surface area contributed by atoms with Crippen LogP contribution in [0.2, 0.25) is 0 Å². The van der Waals surface area contributed by atoms with Crippen LogP contribution in [0, 0.1) is 19.7 Å². The number of rotatable bonds is 5. The number of halogens is 3. The van der Waals surface area contributed by atoms with E-state index in [0.29, 0.717) is 12.2 Å². The number of nitrogens with one attached hydrogen (secondary N) is 1. The normalized spacial score (nSPS) is 11.0. The molecule has 1 aromatic heterocycles. The zero-order valence-electron chi connectivity index (χ0n) is 12.1. The van der Waals surface area contributed by atoms with Crippen molar-refractivity contribution in [1.82, 2.24) is 4.57 Å². The van der Waals surface area contributed by atoms with Gasteiger partial charge in [-0.05, 0) is 37.6 Å². The Morgan fingerprint density at radius 2 is 1.95 bits per heavy atom. The third-order valence-corrected chi connectivity index (χ3v) is 3.51. The van der Waals surface area contributed by atoms with Gasteiger partial charge in [0.05, 0.1) is 0 Å². The van der Waals surface area contributed by atoms with E-state index in [2.05, 4.69) is 14.6 Å². The minimum Gasteiger partial charge on any atom is -0.432 e. The molecule has 2 aromatic rings. The minimum atomic E-state index is -3.03. The van der Waals surface area contributed by atoms with Gasteiger partial charge in [0.15, 0.2) is 11.6 Å². The molecule has 1 aromatic carbocycles. The zero-order chi connectivity index (χ0) is 15.6. The van der Waals surface area contributed by atoms with E-state index in [0.717, 1.165) is 23.0 Å². The van der Waals surface area contributed by atoms with Gasteiger partial charge in [-0.25, -0.2) is 4.39 Å². The summed E-state index contributed by atoms with van der Waals surface area (Å²) in [6.07, 6.45) is 0. The Morgan fingerprint density at radius 1 is 1.24 bits per heavy atom. The average Bonchev–Trinajstić information content (AvgIpc) is 2.66. The summed E-state index contributed by atoms with van der Waals surface area (Å²) in [6, 6.07) is 5.88. The summed E-state index contributed by atoms with van der Waals surface area (Å²) in [4.78, 5) is 0. The quantitative estimate of drug-likeness (QED) is 0.903. The lowest BCUT2D eigenvalue weighted by Crippen LogP contribution is -2.05. The second-order valence-electron chi connectivity index (χ2n) is 4.83. The first-order valence-corrected chi connectivity index (χ1v) is 6.48. The van der Waals surface area contributed by atoms with Crippen LogP contribution >= 0.6 is 0 Å². The molecule has 114 valence electrons. The smallest absolute Gasteiger partial charge is 0.387 e. The summed E-state index contributed by atoms with van der Waals surface area (Å²) in [6.45, 7) is 1.51. The van der Waals surface area contributed by atoms with E-state index in [1.54, 1.807) is 0 Å². The summed E-state index contributed by atoms with van der Waals surface area (Å²) in [5.74, 6) is -1.27. The van der Waals surface area contributed by atoms with E-state index in [-0.39, 0.29) is 0 Å². The van der Waals surface area contributed by atoms with Crippen LogP contribution < -0.4 is 10.1 Å². The molecule has 0 unspecified atom stereocenters. The number of anilines is 1. The highest BCUT2D eigenvalue weighted by molar-refractivity contribution is 5.48. The lowest BCUT2D eigenvalue weighted by molar-refractivity contribution is -0.0521. The first kappa shape index (κ1) is 15.3. The zero-order valence-corrected chi connectivity index (χ0v) is 12.1. The molecule has 0 bridgehead atoms. The Hall–Kier alpha value is -2.11. The fourth-order valence-corrected chi connectivity index (χ4v) is 2.11. The SMILES string of the molecule is Cc1cc(CNc2ccc(OC(F)F)c(F)c2)c(C)n1C. The van der Waals surface area contributed by atoms with E-state index in [1.807, 2.05) is 27.0 Å². The monoisotopic (exact) mass is 298 g/mol. The lowest BCUT2D eigenvalue weighted by Gasteiger charge is -2.10. The van der Waals surface area contributed by atoms with Crippen molar-refractivity contribution >= 4 is 5.69 Å². The maximum absolute atomic E-state index is 13.6. The van der Waals surface area contributed by atoms with Crippen molar-refractivity contribution in [2.24, 2.45) is 7.05 Å². The summed E-state index contributed by atoms with van der Waals surface area (Å²) < 4.78 is 43.8. The molecule has 3 nitrogen and oxygen atoms in total. The molecule has 0 radical (unpaired) electrons. The molecular formula is C15H17F3N2O. The van der Waals surface area contributed by atoms with Crippen molar-refractivity contribution in [2.45, 2.75) is 27.0 Å². The van der Waals surface area contributed by atoms with Crippen LogP contribution in [-0.4, -0.2) is 11.2 Å². The van der Waals surface area contributed by atoms with Crippen molar-refractivity contribution in [3.63, 3.8) is 0 Å². The van der Waals surface area contributed by atoms with Crippen molar-refractivity contribution in [3.05, 3.63) is 47.0 Å². The molecule has 0 aliphatic carbocycles. The minimum absolute atomic E-state index is 0.456. The second kappa shape index (κ2) is 6.11. The van der Waals surface area contributed by atoms with Crippen LogP contribution in [0.3, 0.4) is 0 Å². The van der Waals surface area contributed by atoms with Gasteiger partial charge in [0.1, 0.15) is 0 Å². The van der Waals surface area contributed by atoms with Crippen LogP contribution in [0.15, 0.2) is 24.3 Å². The molecule has 0 aliphatic heterocycles. The van der Waals surface area contributed by atoms with E-state index in [1.165, 1.54) is 12.1 Å². The number of alkyl halides is 2. The van der Waals surface area contributed by atoms with Gasteiger partial charge in [-0.15, -0.1) is 0 Å². The van der Waals surface area contributed by atoms with Gasteiger partial charge < -0.3 is 14.6 Å². The predicted octanol–water partition coefficient (Wildman–Crippen LogP) is 3.99. The van der Waals surface area contributed by atoms with Crippen LogP contribution in [0.4, 0.5) is 18.9 Å². The van der Waals surface area contributed by atoms with Crippen molar-refractivity contribution in [1.29, 1.82) is 0 Å². The molecule has 1 N–H and O–H groups in total. The van der Waals surface area contributed by atoms with Gasteiger partial charge in [-0.2, -0.15) is 8.78 Å². The summed E-state index contributed by atoms with van der Waals surface area (Å²) >= 11 is 0. The molecule has 0 saturated heterocycles. The molecule has 2 rings (SSSR count). The summed E-state index contributed by atoms with van der Waals surface area (Å²) in [7, 11) is 1.98. The molecule has 21 heavy (non-hydrogen) atoms. The van der Waals surface area contributed by atoms with Crippen LogP contribution in [0.25, 0.3) is 0 Å². The van der Waals surface area contributed by atoms with E-state index in [4.69, 9.17) is 0 Å². The van der Waals surface area contributed by atoms with E-state index in [9.17, 15) is 13.2 Å². The molecule has 0 atom stereocenters. The number of hydrogen-bond donors (Lipinski definition) is 1. The van der Waals surface area contributed by atoms with E-state index >= 15 is 0 Å². The fourth-order valence-electron chi connectivity index (χ4n) is 2.11. The molecule has 0 fully saturated rings. The summed E-state index contributed by atoms with van der Waals surface area (Å²) in [5.41, 5.74) is 3.87. The number of aryl methyl sites for hydroxylation is 1. The first-order chi connectivity index (χ1) is 9.88. The molecule has 0 spiro atoms. The third-order valence-electron chi connectivity index (χ3n) is 3.51. The molecule has 0 aliphatic rings. The average molecular weight is 298 g/mol. The number of ether oxygens (including phenoxy) is 1. The predicted molar refractivity (Wildman–Crippen MR) is 75.2 cm³/mol. The maximum Gasteiger partial charge on any atom is 0.387 e. The fraction of sp³-hybridized carbons (Fsp3) is 0.333. The van der Waals surface area contributed by atoms with Gasteiger partial charge in [0.2, 0.25) is 0 Å². The Balaban J connectivity index is 2.06. The molecule has 0 amide bonds. The second-order valence-corrected chi connectivity index (χ2v) is 4.83. The number of aromatic nitrogens is 1. The Morgan fingerprint density at radius 3 is 2.48 bits per heavy atom. The summed E-state index contributed by atoms with van der Waals surface area (Å²) in [5, 5.41) is 3.07. The largest absolute Gasteiger partial charge is 0.432 e. The Kier molecular flexibility index (Phi) is 4.45. The first-order valence-electron chi connectivity index (χ1n) is 6.48. The Labute approximate surface area is 121 Å². The molecule has 0 saturated carbocycles. The number of benzene rings is 1. The van der Waals surface area contributed by atoms with Gasteiger partial charge in [-0.1, -0.05) is 0 Å². The molecule has 1 heterocycles. The highest BCUT2D eigenvalue weighted by atomic mass is 19.3. The molecular weight excluding hydrogens is 281 g/mol. The van der Waals surface area contributed by atoms with Crippen molar-refractivity contribution in [2.75, 3.05) is 5.32 Å². The van der Waals surface area contributed by atoms with Crippen LogP contribution in [0.5, 0.6) is 5.75 Å². The van der Waals surface area contributed by atoms with Crippen LogP contribution in [-0.2, 0) is 13.6 Å².